The number of carbonyl (C=O) groups is 1. The minimum Gasteiger partial charge on any atom is -0.462 e. The highest BCUT2D eigenvalue weighted by Gasteiger charge is 2.35. The maximum atomic E-state index is 12.3. The number of nitrogens with one attached hydrogen (secondary N) is 1. The Labute approximate surface area is 150 Å². The molecule has 8 heteroatoms. The van der Waals surface area contributed by atoms with E-state index in [9.17, 15) is 4.79 Å². The van der Waals surface area contributed by atoms with E-state index in [4.69, 9.17) is 9.84 Å². The molecule has 2 aromatic heterocycles. The van der Waals surface area contributed by atoms with Gasteiger partial charge >= 0.3 is 5.97 Å². The van der Waals surface area contributed by atoms with E-state index in [1.54, 1.807) is 11.8 Å². The van der Waals surface area contributed by atoms with E-state index < -0.39 is 0 Å². The lowest BCUT2D eigenvalue weighted by atomic mass is 10.1. The number of nitrogens with zero attached hydrogens (tertiary/aromatic N) is 4. The van der Waals surface area contributed by atoms with Crippen LogP contribution >= 0.6 is 11.8 Å². The van der Waals surface area contributed by atoms with Gasteiger partial charge in [-0.15, -0.1) is 10.2 Å². The first kappa shape index (κ1) is 16.4. The molecule has 2 aliphatic rings. The Morgan fingerprint density at radius 1 is 1.36 bits per heavy atom. The van der Waals surface area contributed by atoms with Crippen LogP contribution < -0.4 is 0 Å². The number of carbonyl (C=O) groups excluding carboxylic acids is 1. The number of ether oxygens (including phenoxy) is 1. The van der Waals surface area contributed by atoms with Crippen LogP contribution in [0.15, 0.2) is 10.3 Å². The summed E-state index contributed by atoms with van der Waals surface area (Å²) in [6, 6.07) is 0. The number of aryl methyl sites for hydroxylation is 1. The van der Waals surface area contributed by atoms with Gasteiger partial charge < -0.3 is 9.72 Å². The van der Waals surface area contributed by atoms with E-state index in [1.807, 2.05) is 25.4 Å². The van der Waals surface area contributed by atoms with Gasteiger partial charge in [0.05, 0.1) is 28.8 Å². The van der Waals surface area contributed by atoms with E-state index in [0.29, 0.717) is 18.1 Å². The number of fused-ring (bicyclic) bond motifs is 1. The Kier molecular flexibility index (Phi) is 3.94. The van der Waals surface area contributed by atoms with E-state index in [-0.39, 0.29) is 11.2 Å². The Balaban J connectivity index is 1.78. The first-order chi connectivity index (χ1) is 12.0. The average Bonchev–Trinajstić information content (AvgIpc) is 3.26. The summed E-state index contributed by atoms with van der Waals surface area (Å²) in [5, 5.41) is 14.4. The van der Waals surface area contributed by atoms with Gasteiger partial charge in [0.1, 0.15) is 0 Å². The molecule has 25 heavy (non-hydrogen) atoms. The first-order valence-corrected chi connectivity index (χ1v) is 9.46. The fraction of sp³-hybridized carbons (Fsp3) is 0.529. The number of rotatable bonds is 4. The number of aromatic nitrogens is 4. The average molecular weight is 359 g/mol. The van der Waals surface area contributed by atoms with Gasteiger partial charge in [0.2, 0.25) is 5.16 Å². The highest BCUT2D eigenvalue weighted by Crippen LogP contribution is 2.41. The van der Waals surface area contributed by atoms with Crippen molar-refractivity contribution in [1.29, 1.82) is 0 Å². The Hall–Kier alpha value is -2.09. The zero-order valence-corrected chi connectivity index (χ0v) is 15.6. The molecule has 1 N–H and O–H groups in total. The van der Waals surface area contributed by atoms with Gasteiger partial charge in [-0.2, -0.15) is 9.78 Å². The van der Waals surface area contributed by atoms with Crippen molar-refractivity contribution >= 4 is 23.4 Å². The van der Waals surface area contributed by atoms with Gasteiger partial charge in [-0.1, -0.05) is 11.8 Å². The number of hydrogen-bond donors (Lipinski definition) is 1. The fourth-order valence-corrected chi connectivity index (χ4v) is 4.13. The molecule has 3 heterocycles. The molecule has 1 aliphatic heterocycles. The highest BCUT2D eigenvalue weighted by molar-refractivity contribution is 8.00. The van der Waals surface area contributed by atoms with Crippen LogP contribution in [0.25, 0.3) is 0 Å². The van der Waals surface area contributed by atoms with Crippen molar-refractivity contribution in [3.8, 4) is 0 Å². The quantitative estimate of drug-likeness (QED) is 0.848. The van der Waals surface area contributed by atoms with Gasteiger partial charge in [0.15, 0.2) is 5.82 Å². The molecule has 7 nitrogen and oxygen atoms in total. The normalized spacial score (nSPS) is 19.5. The van der Waals surface area contributed by atoms with Crippen LogP contribution in [-0.2, 0) is 4.74 Å². The van der Waals surface area contributed by atoms with E-state index >= 15 is 0 Å². The molecular formula is C17H21N5O2S. The van der Waals surface area contributed by atoms with E-state index in [0.717, 1.165) is 46.5 Å². The van der Waals surface area contributed by atoms with Crippen molar-refractivity contribution in [2.45, 2.75) is 56.9 Å². The SMILES string of the molecule is CCOC(=O)c1c(C)[nH]c(C2=Nn3c(nnc3C3CC3)SC2C)c1C. The first-order valence-electron chi connectivity index (χ1n) is 8.58. The summed E-state index contributed by atoms with van der Waals surface area (Å²) < 4.78 is 7.06. The lowest BCUT2D eigenvalue weighted by Crippen LogP contribution is -2.23. The molecule has 0 radical (unpaired) electrons. The standard InChI is InChI=1S/C17H21N5O2S/c1-5-24-16(23)12-8(2)13(18-9(12)3)14-10(4)25-17-20-19-15(11-6-7-11)22(17)21-14/h10-11,18H,5-7H2,1-4H3. The Morgan fingerprint density at radius 3 is 2.80 bits per heavy atom. The number of aromatic amines is 1. The van der Waals surface area contributed by atoms with E-state index in [1.165, 1.54) is 0 Å². The molecule has 0 spiro atoms. The summed E-state index contributed by atoms with van der Waals surface area (Å²) in [7, 11) is 0. The maximum Gasteiger partial charge on any atom is 0.340 e. The topological polar surface area (TPSA) is 85.2 Å². The lowest BCUT2D eigenvalue weighted by Gasteiger charge is -2.19. The van der Waals surface area contributed by atoms with Crippen molar-refractivity contribution in [3.05, 3.63) is 28.3 Å². The van der Waals surface area contributed by atoms with Crippen molar-refractivity contribution < 1.29 is 9.53 Å². The summed E-state index contributed by atoms with van der Waals surface area (Å²) in [5.74, 6) is 1.13. The van der Waals surface area contributed by atoms with Crippen molar-refractivity contribution in [1.82, 2.24) is 19.9 Å². The summed E-state index contributed by atoms with van der Waals surface area (Å²) in [4.78, 5) is 15.6. The number of H-pyrrole nitrogens is 1. The van der Waals surface area contributed by atoms with Crippen LogP contribution in [-0.4, -0.2) is 43.4 Å². The Morgan fingerprint density at radius 2 is 2.12 bits per heavy atom. The molecule has 0 bridgehead atoms. The molecule has 1 unspecified atom stereocenters. The summed E-state index contributed by atoms with van der Waals surface area (Å²) in [6.45, 7) is 8.10. The van der Waals surface area contributed by atoms with Crippen molar-refractivity contribution in [2.24, 2.45) is 5.10 Å². The second-order valence-corrected chi connectivity index (χ2v) is 7.83. The minimum atomic E-state index is -0.291. The molecule has 0 amide bonds. The molecule has 1 atom stereocenters. The summed E-state index contributed by atoms with van der Waals surface area (Å²) >= 11 is 1.65. The van der Waals surface area contributed by atoms with Crippen LogP contribution in [0.2, 0.25) is 0 Å². The van der Waals surface area contributed by atoms with Gasteiger partial charge in [0.25, 0.3) is 0 Å². The van der Waals surface area contributed by atoms with Crippen molar-refractivity contribution in [3.63, 3.8) is 0 Å². The van der Waals surface area contributed by atoms with Crippen LogP contribution in [0.3, 0.4) is 0 Å². The molecule has 1 aliphatic carbocycles. The third-order valence-corrected chi connectivity index (χ3v) is 5.67. The van der Waals surface area contributed by atoms with Gasteiger partial charge in [-0.3, -0.25) is 0 Å². The second kappa shape index (κ2) is 6.01. The summed E-state index contributed by atoms with van der Waals surface area (Å²) in [5.41, 5.74) is 4.10. The van der Waals surface area contributed by atoms with Crippen LogP contribution in [0, 0.1) is 13.8 Å². The molecule has 1 fully saturated rings. The molecule has 0 aromatic carbocycles. The smallest absolute Gasteiger partial charge is 0.340 e. The third-order valence-electron chi connectivity index (χ3n) is 4.63. The molecule has 4 rings (SSSR count). The monoisotopic (exact) mass is 359 g/mol. The summed E-state index contributed by atoms with van der Waals surface area (Å²) in [6.07, 6.45) is 2.30. The Bertz CT molecular complexity index is 878. The van der Waals surface area contributed by atoms with Gasteiger partial charge in [-0.05, 0) is 46.1 Å². The highest BCUT2D eigenvalue weighted by atomic mass is 32.2. The third kappa shape index (κ3) is 2.68. The van der Waals surface area contributed by atoms with E-state index in [2.05, 4.69) is 22.1 Å². The molecule has 1 saturated carbocycles. The number of hydrogen-bond acceptors (Lipinski definition) is 6. The zero-order chi connectivity index (χ0) is 17.7. The van der Waals surface area contributed by atoms with Crippen LogP contribution in [0.1, 0.15) is 65.7 Å². The largest absolute Gasteiger partial charge is 0.462 e. The predicted octanol–water partition coefficient (Wildman–Crippen LogP) is 3.02. The van der Waals surface area contributed by atoms with Crippen molar-refractivity contribution in [2.75, 3.05) is 6.61 Å². The zero-order valence-electron chi connectivity index (χ0n) is 14.8. The number of thioether (sulfide) groups is 1. The maximum absolute atomic E-state index is 12.3. The molecule has 0 saturated heterocycles. The van der Waals surface area contributed by atoms with Gasteiger partial charge in [0, 0.05) is 11.6 Å². The lowest BCUT2D eigenvalue weighted by molar-refractivity contribution is 0.0525. The fourth-order valence-electron chi connectivity index (χ4n) is 3.21. The predicted molar refractivity (Wildman–Crippen MR) is 95.5 cm³/mol. The van der Waals surface area contributed by atoms with Crippen LogP contribution in [0.5, 0.6) is 0 Å². The molecular weight excluding hydrogens is 338 g/mol. The second-order valence-electron chi connectivity index (χ2n) is 6.52. The number of esters is 1. The molecule has 132 valence electrons. The van der Waals surface area contributed by atoms with Gasteiger partial charge in [-0.25, -0.2) is 4.79 Å². The minimum absolute atomic E-state index is 0.121. The van der Waals surface area contributed by atoms with Crippen LogP contribution in [0.4, 0.5) is 0 Å². The molecule has 2 aromatic rings.